The Morgan fingerprint density at radius 3 is 2.15 bits per heavy atom. The third-order valence-electron chi connectivity index (χ3n) is 2.88. The second-order valence-corrected chi connectivity index (χ2v) is 4.59. The first kappa shape index (κ1) is 14.4. The van der Waals surface area contributed by atoms with Crippen LogP contribution in [-0.4, -0.2) is 6.04 Å². The quantitative estimate of drug-likeness (QED) is 0.652. The molecule has 0 saturated carbocycles. The summed E-state index contributed by atoms with van der Waals surface area (Å²) in [5.41, 5.74) is 0.612. The second-order valence-electron chi connectivity index (χ2n) is 4.59. The summed E-state index contributed by atoms with van der Waals surface area (Å²) in [5, 5.41) is 2.81. The monoisotopic (exact) mass is 283 g/mol. The molecule has 1 unspecified atom stereocenters. The van der Waals surface area contributed by atoms with Crippen LogP contribution in [0.3, 0.4) is 0 Å². The molecule has 0 aliphatic heterocycles. The summed E-state index contributed by atoms with van der Waals surface area (Å²) in [5.74, 6) is -4.36. The maximum atomic E-state index is 13.5. The van der Waals surface area contributed by atoms with Crippen LogP contribution in [0.4, 0.5) is 23.2 Å². The maximum Gasteiger partial charge on any atom is 0.194 e. The highest BCUT2D eigenvalue weighted by molar-refractivity contribution is 5.45. The summed E-state index contributed by atoms with van der Waals surface area (Å²) in [4.78, 5) is 0. The zero-order valence-electron chi connectivity index (χ0n) is 10.8. The van der Waals surface area contributed by atoms with Crippen LogP contribution in [0, 0.1) is 23.3 Å². The molecule has 2 rings (SSSR count). The van der Waals surface area contributed by atoms with Gasteiger partial charge in [0.05, 0.1) is 0 Å². The molecule has 0 saturated heterocycles. The maximum absolute atomic E-state index is 13.5. The van der Waals surface area contributed by atoms with Crippen molar-refractivity contribution in [3.63, 3.8) is 0 Å². The first-order chi connectivity index (χ1) is 9.47. The Kier molecular flexibility index (Phi) is 4.27. The van der Waals surface area contributed by atoms with Crippen molar-refractivity contribution in [2.75, 3.05) is 5.32 Å². The smallest absolute Gasteiger partial charge is 0.194 e. The molecule has 2 aromatic rings. The highest BCUT2D eigenvalue weighted by Crippen LogP contribution is 2.19. The van der Waals surface area contributed by atoms with E-state index in [0.717, 1.165) is 12.1 Å². The van der Waals surface area contributed by atoms with Gasteiger partial charge in [0.1, 0.15) is 5.82 Å². The van der Waals surface area contributed by atoms with Crippen molar-refractivity contribution in [2.45, 2.75) is 19.4 Å². The van der Waals surface area contributed by atoms with E-state index in [2.05, 4.69) is 5.32 Å². The van der Waals surface area contributed by atoms with Gasteiger partial charge in [0.2, 0.25) is 0 Å². The van der Waals surface area contributed by atoms with E-state index in [1.54, 1.807) is 25.1 Å². The molecule has 2 aromatic carbocycles. The Hall–Kier alpha value is -2.04. The van der Waals surface area contributed by atoms with Gasteiger partial charge in [-0.25, -0.2) is 17.6 Å². The topological polar surface area (TPSA) is 12.0 Å². The standard InChI is InChI=1S/C15H13F4N/c1-9(6-10-4-2-3-5-12(10)16)20-11-7-13(17)15(19)14(18)8-11/h2-5,7-9,20H,6H2,1H3. The predicted octanol–water partition coefficient (Wildman–Crippen LogP) is 4.29. The molecule has 1 atom stereocenters. The Bertz CT molecular complexity index is 590. The second kappa shape index (κ2) is 5.94. The van der Waals surface area contributed by atoms with Gasteiger partial charge < -0.3 is 5.32 Å². The first-order valence-electron chi connectivity index (χ1n) is 6.12. The molecule has 0 heterocycles. The molecule has 0 amide bonds. The molecule has 0 bridgehead atoms. The van der Waals surface area contributed by atoms with E-state index in [1.165, 1.54) is 6.07 Å². The lowest BCUT2D eigenvalue weighted by atomic mass is 10.1. The highest BCUT2D eigenvalue weighted by Gasteiger charge is 2.13. The van der Waals surface area contributed by atoms with Crippen LogP contribution >= 0.6 is 0 Å². The zero-order valence-corrected chi connectivity index (χ0v) is 10.8. The molecule has 0 radical (unpaired) electrons. The van der Waals surface area contributed by atoms with E-state index in [0.29, 0.717) is 12.0 Å². The van der Waals surface area contributed by atoms with Crippen molar-refractivity contribution >= 4 is 5.69 Å². The lowest BCUT2D eigenvalue weighted by molar-refractivity contribution is 0.447. The van der Waals surface area contributed by atoms with E-state index >= 15 is 0 Å². The minimum absolute atomic E-state index is 0.116. The van der Waals surface area contributed by atoms with E-state index in [1.807, 2.05) is 0 Å². The van der Waals surface area contributed by atoms with Crippen LogP contribution in [0.15, 0.2) is 36.4 Å². The number of benzene rings is 2. The lowest BCUT2D eigenvalue weighted by Gasteiger charge is -2.16. The largest absolute Gasteiger partial charge is 0.382 e. The molecular weight excluding hydrogens is 270 g/mol. The van der Waals surface area contributed by atoms with Gasteiger partial charge in [-0.3, -0.25) is 0 Å². The predicted molar refractivity (Wildman–Crippen MR) is 69.5 cm³/mol. The third kappa shape index (κ3) is 3.29. The number of rotatable bonds is 4. The van der Waals surface area contributed by atoms with Crippen LogP contribution in [0.5, 0.6) is 0 Å². The van der Waals surface area contributed by atoms with Gasteiger partial charge in [0.15, 0.2) is 17.5 Å². The number of anilines is 1. The van der Waals surface area contributed by atoms with Crippen LogP contribution < -0.4 is 5.32 Å². The molecular formula is C15H13F4N. The van der Waals surface area contributed by atoms with Gasteiger partial charge in [0, 0.05) is 23.9 Å². The molecule has 106 valence electrons. The Labute approximate surface area is 114 Å². The molecule has 20 heavy (non-hydrogen) atoms. The number of nitrogens with one attached hydrogen (secondary N) is 1. The summed E-state index contributed by atoms with van der Waals surface area (Å²) in [6, 6.07) is 7.76. The lowest BCUT2D eigenvalue weighted by Crippen LogP contribution is -2.19. The fourth-order valence-corrected chi connectivity index (χ4v) is 1.97. The fraction of sp³-hybridized carbons (Fsp3) is 0.200. The van der Waals surface area contributed by atoms with Crippen molar-refractivity contribution in [3.8, 4) is 0 Å². The molecule has 0 aromatic heterocycles. The summed E-state index contributed by atoms with van der Waals surface area (Å²) in [6.07, 6.45) is 0.341. The summed E-state index contributed by atoms with van der Waals surface area (Å²) >= 11 is 0. The van der Waals surface area contributed by atoms with Crippen LogP contribution in [0.1, 0.15) is 12.5 Å². The van der Waals surface area contributed by atoms with E-state index in [4.69, 9.17) is 0 Å². The number of hydrogen-bond donors (Lipinski definition) is 1. The van der Waals surface area contributed by atoms with Gasteiger partial charge in [-0.2, -0.15) is 0 Å². The highest BCUT2D eigenvalue weighted by atomic mass is 19.2. The molecule has 0 aliphatic carbocycles. The van der Waals surface area contributed by atoms with E-state index < -0.39 is 17.5 Å². The van der Waals surface area contributed by atoms with Gasteiger partial charge in [-0.15, -0.1) is 0 Å². The van der Waals surface area contributed by atoms with Crippen molar-refractivity contribution in [1.82, 2.24) is 0 Å². The molecule has 1 nitrogen and oxygen atoms in total. The normalized spacial score (nSPS) is 12.2. The SMILES string of the molecule is CC(Cc1ccccc1F)Nc1cc(F)c(F)c(F)c1. The Morgan fingerprint density at radius 2 is 1.55 bits per heavy atom. The minimum Gasteiger partial charge on any atom is -0.382 e. The third-order valence-corrected chi connectivity index (χ3v) is 2.88. The molecule has 5 heteroatoms. The Morgan fingerprint density at radius 1 is 0.950 bits per heavy atom. The average Bonchev–Trinajstić information content (AvgIpc) is 2.38. The Balaban J connectivity index is 2.09. The fourth-order valence-electron chi connectivity index (χ4n) is 1.97. The van der Waals surface area contributed by atoms with Crippen molar-refractivity contribution < 1.29 is 17.6 Å². The zero-order chi connectivity index (χ0) is 14.7. The molecule has 0 aliphatic rings. The van der Waals surface area contributed by atoms with Gasteiger partial charge in [-0.05, 0) is 25.0 Å². The van der Waals surface area contributed by atoms with Crippen LogP contribution in [0.25, 0.3) is 0 Å². The molecule has 1 N–H and O–H groups in total. The van der Waals surface area contributed by atoms with Gasteiger partial charge >= 0.3 is 0 Å². The van der Waals surface area contributed by atoms with Crippen LogP contribution in [0.2, 0.25) is 0 Å². The van der Waals surface area contributed by atoms with Crippen molar-refractivity contribution in [3.05, 3.63) is 65.2 Å². The molecule has 0 spiro atoms. The molecule has 0 fully saturated rings. The van der Waals surface area contributed by atoms with E-state index in [-0.39, 0.29) is 17.5 Å². The first-order valence-corrected chi connectivity index (χ1v) is 6.12. The van der Waals surface area contributed by atoms with Gasteiger partial charge in [0.25, 0.3) is 0 Å². The number of halogens is 4. The average molecular weight is 283 g/mol. The summed E-state index contributed by atoms with van der Waals surface area (Å²) in [6.45, 7) is 1.74. The van der Waals surface area contributed by atoms with Gasteiger partial charge in [-0.1, -0.05) is 18.2 Å². The van der Waals surface area contributed by atoms with Crippen molar-refractivity contribution in [2.24, 2.45) is 0 Å². The minimum atomic E-state index is -1.50. The summed E-state index contributed by atoms with van der Waals surface area (Å²) in [7, 11) is 0. The summed E-state index contributed by atoms with van der Waals surface area (Å²) < 4.78 is 52.4. The van der Waals surface area contributed by atoms with E-state index in [9.17, 15) is 17.6 Å². The van der Waals surface area contributed by atoms with Crippen LogP contribution in [-0.2, 0) is 6.42 Å². The number of hydrogen-bond acceptors (Lipinski definition) is 1. The van der Waals surface area contributed by atoms with Crippen molar-refractivity contribution in [1.29, 1.82) is 0 Å².